The molecule has 0 bridgehead atoms. The minimum Gasteiger partial charge on any atom is -0.374 e. The zero-order chi connectivity index (χ0) is 22.7. The van der Waals surface area contributed by atoms with Crippen molar-refractivity contribution in [1.82, 2.24) is 20.2 Å². The van der Waals surface area contributed by atoms with Crippen LogP contribution in [-0.2, 0) is 18.1 Å². The number of halogens is 4. The topological polar surface area (TPSA) is 74.5 Å². The van der Waals surface area contributed by atoms with Gasteiger partial charge in [0, 0.05) is 44.4 Å². The molecule has 1 saturated carbocycles. The van der Waals surface area contributed by atoms with Crippen molar-refractivity contribution in [2.24, 2.45) is 12.0 Å². The molecule has 1 aromatic heterocycles. The Kier molecular flexibility index (Phi) is 6.59. The highest BCUT2D eigenvalue weighted by atomic mass is 19.4. The predicted octanol–water partition coefficient (Wildman–Crippen LogP) is 2.99. The monoisotopic (exact) mass is 441 g/mol. The van der Waals surface area contributed by atoms with Gasteiger partial charge in [-0.25, -0.2) is 9.37 Å². The standard InChI is InChI=1S/C21H27F4N5O/c1-3-26-18(29-14-19(8-9-19)15-6-4-5-7-16(15)22)28-11-10-20(31,21(23,24)25)17-27-12-13-30(17)2/h4-7,12-13,31H,3,8-11,14H2,1-2H3,(H2,26,28,29). The van der Waals surface area contributed by atoms with Crippen molar-refractivity contribution in [3.05, 3.63) is 53.9 Å². The van der Waals surface area contributed by atoms with Gasteiger partial charge in [-0.05, 0) is 31.4 Å². The van der Waals surface area contributed by atoms with Gasteiger partial charge in [0.15, 0.2) is 5.96 Å². The molecule has 0 spiro atoms. The first-order chi connectivity index (χ1) is 14.6. The first-order valence-electron chi connectivity index (χ1n) is 10.2. The molecule has 10 heteroatoms. The predicted molar refractivity (Wildman–Crippen MR) is 109 cm³/mol. The van der Waals surface area contributed by atoms with E-state index in [1.165, 1.54) is 25.5 Å². The number of imidazole rings is 1. The van der Waals surface area contributed by atoms with Gasteiger partial charge >= 0.3 is 6.18 Å². The van der Waals surface area contributed by atoms with Crippen molar-refractivity contribution in [3.63, 3.8) is 0 Å². The fourth-order valence-electron chi connectivity index (χ4n) is 3.63. The number of guanidine groups is 1. The Morgan fingerprint density at radius 2 is 1.97 bits per heavy atom. The quantitative estimate of drug-likeness (QED) is 0.335. The van der Waals surface area contributed by atoms with Gasteiger partial charge in [-0.15, -0.1) is 0 Å². The molecule has 0 amide bonds. The minimum atomic E-state index is -4.90. The molecule has 1 aromatic carbocycles. The lowest BCUT2D eigenvalue weighted by Gasteiger charge is -2.30. The van der Waals surface area contributed by atoms with Gasteiger partial charge in [0.05, 0.1) is 6.54 Å². The van der Waals surface area contributed by atoms with E-state index in [0.717, 1.165) is 17.4 Å². The molecule has 0 aliphatic heterocycles. The molecule has 3 N–H and O–H groups in total. The Balaban J connectivity index is 1.69. The maximum absolute atomic E-state index is 14.2. The van der Waals surface area contributed by atoms with E-state index in [4.69, 9.17) is 0 Å². The molecule has 31 heavy (non-hydrogen) atoms. The van der Waals surface area contributed by atoms with Crippen molar-refractivity contribution < 1.29 is 22.7 Å². The summed E-state index contributed by atoms with van der Waals surface area (Å²) in [5.74, 6) is -0.437. The summed E-state index contributed by atoms with van der Waals surface area (Å²) in [7, 11) is 1.40. The van der Waals surface area contributed by atoms with Gasteiger partial charge in [-0.2, -0.15) is 13.2 Å². The second-order valence-electron chi connectivity index (χ2n) is 7.85. The molecule has 1 heterocycles. The zero-order valence-corrected chi connectivity index (χ0v) is 17.5. The van der Waals surface area contributed by atoms with E-state index in [0.29, 0.717) is 24.6 Å². The average molecular weight is 441 g/mol. The number of benzene rings is 1. The highest BCUT2D eigenvalue weighted by Crippen LogP contribution is 2.49. The summed E-state index contributed by atoms with van der Waals surface area (Å²) in [4.78, 5) is 8.16. The Morgan fingerprint density at radius 3 is 2.52 bits per heavy atom. The van der Waals surface area contributed by atoms with E-state index in [9.17, 15) is 22.7 Å². The maximum Gasteiger partial charge on any atom is 0.424 e. The normalized spacial score (nSPS) is 17.8. The van der Waals surface area contributed by atoms with Crippen LogP contribution >= 0.6 is 0 Å². The molecule has 1 aliphatic rings. The number of aliphatic hydroxyl groups is 1. The Bertz CT molecular complexity index is 922. The summed E-state index contributed by atoms with van der Waals surface area (Å²) < 4.78 is 56.3. The molecule has 0 radical (unpaired) electrons. The summed E-state index contributed by atoms with van der Waals surface area (Å²) in [6, 6.07) is 6.57. The lowest BCUT2D eigenvalue weighted by molar-refractivity contribution is -0.272. The van der Waals surface area contributed by atoms with Crippen LogP contribution in [0, 0.1) is 5.82 Å². The van der Waals surface area contributed by atoms with Crippen LogP contribution in [0.3, 0.4) is 0 Å². The van der Waals surface area contributed by atoms with E-state index in [1.807, 2.05) is 6.92 Å². The molecular formula is C21H27F4N5O. The highest BCUT2D eigenvalue weighted by Gasteiger charge is 2.57. The second-order valence-corrected chi connectivity index (χ2v) is 7.85. The Hall–Kier alpha value is -2.62. The number of alkyl halides is 3. The number of nitrogens with zero attached hydrogens (tertiary/aromatic N) is 3. The van der Waals surface area contributed by atoms with Crippen molar-refractivity contribution in [2.45, 2.75) is 43.4 Å². The molecular weight excluding hydrogens is 414 g/mol. The highest BCUT2D eigenvalue weighted by molar-refractivity contribution is 5.79. The molecule has 1 fully saturated rings. The lowest BCUT2D eigenvalue weighted by atomic mass is 9.95. The minimum absolute atomic E-state index is 0.193. The van der Waals surface area contributed by atoms with Gasteiger partial charge in [-0.1, -0.05) is 18.2 Å². The summed E-state index contributed by atoms with van der Waals surface area (Å²) in [6.07, 6.45) is -1.39. The molecule has 6 nitrogen and oxygen atoms in total. The van der Waals surface area contributed by atoms with Crippen molar-refractivity contribution >= 4 is 5.96 Å². The molecule has 0 saturated heterocycles. The summed E-state index contributed by atoms with van der Waals surface area (Å²) in [6.45, 7) is 2.45. The molecule has 1 atom stereocenters. The molecule has 3 rings (SSSR count). The Labute approximate surface area is 178 Å². The van der Waals surface area contributed by atoms with Crippen LogP contribution in [0.25, 0.3) is 0 Å². The fraction of sp³-hybridized carbons (Fsp3) is 0.524. The first-order valence-corrected chi connectivity index (χ1v) is 10.2. The number of aromatic nitrogens is 2. The van der Waals surface area contributed by atoms with Gasteiger partial charge in [0.2, 0.25) is 5.60 Å². The Morgan fingerprint density at radius 1 is 1.26 bits per heavy atom. The van der Waals surface area contributed by atoms with Crippen molar-refractivity contribution in [2.75, 3.05) is 19.6 Å². The van der Waals surface area contributed by atoms with E-state index < -0.39 is 24.0 Å². The van der Waals surface area contributed by atoms with Crippen LogP contribution in [0.15, 0.2) is 41.7 Å². The number of rotatable bonds is 8. The molecule has 1 unspecified atom stereocenters. The van der Waals surface area contributed by atoms with E-state index in [-0.39, 0.29) is 17.8 Å². The fourth-order valence-corrected chi connectivity index (χ4v) is 3.63. The number of nitrogens with one attached hydrogen (secondary N) is 2. The number of hydrogen-bond donors (Lipinski definition) is 3. The van der Waals surface area contributed by atoms with Gasteiger partial charge < -0.3 is 20.3 Å². The van der Waals surface area contributed by atoms with E-state index in [1.54, 1.807) is 18.2 Å². The van der Waals surface area contributed by atoms with Gasteiger partial charge in [0.25, 0.3) is 0 Å². The SMILES string of the molecule is CCNC(=NCC1(c2ccccc2F)CC1)NCCC(O)(c1nccn1C)C(F)(F)F. The van der Waals surface area contributed by atoms with Gasteiger partial charge in [0.1, 0.15) is 11.6 Å². The number of aliphatic imine (C=N–C) groups is 1. The summed E-state index contributed by atoms with van der Waals surface area (Å²) in [5.41, 5.74) is -2.87. The van der Waals surface area contributed by atoms with Crippen LogP contribution in [0.2, 0.25) is 0 Å². The van der Waals surface area contributed by atoms with Crippen molar-refractivity contribution in [1.29, 1.82) is 0 Å². The molecule has 1 aliphatic carbocycles. The summed E-state index contributed by atoms with van der Waals surface area (Å²) >= 11 is 0. The van der Waals surface area contributed by atoms with Gasteiger partial charge in [-0.3, -0.25) is 4.99 Å². The van der Waals surface area contributed by atoms with Crippen LogP contribution < -0.4 is 10.6 Å². The average Bonchev–Trinajstić information content (AvgIpc) is 3.37. The van der Waals surface area contributed by atoms with E-state index >= 15 is 0 Å². The number of hydrogen-bond acceptors (Lipinski definition) is 3. The third-order valence-corrected chi connectivity index (χ3v) is 5.62. The smallest absolute Gasteiger partial charge is 0.374 e. The van der Waals surface area contributed by atoms with Crippen LogP contribution in [0.1, 0.15) is 37.6 Å². The largest absolute Gasteiger partial charge is 0.424 e. The van der Waals surface area contributed by atoms with Crippen LogP contribution in [-0.4, -0.2) is 46.4 Å². The van der Waals surface area contributed by atoms with E-state index in [2.05, 4.69) is 20.6 Å². The first kappa shape index (κ1) is 23.1. The third kappa shape index (κ3) is 4.84. The maximum atomic E-state index is 14.2. The van der Waals surface area contributed by atoms with Crippen LogP contribution in [0.4, 0.5) is 17.6 Å². The molecule has 2 aromatic rings. The second kappa shape index (κ2) is 8.86. The van der Waals surface area contributed by atoms with Crippen molar-refractivity contribution in [3.8, 4) is 0 Å². The lowest BCUT2D eigenvalue weighted by Crippen LogP contribution is -2.48. The molecule has 170 valence electrons. The zero-order valence-electron chi connectivity index (χ0n) is 17.5. The number of aryl methyl sites for hydroxylation is 1. The summed E-state index contributed by atoms with van der Waals surface area (Å²) in [5, 5.41) is 16.3. The third-order valence-electron chi connectivity index (χ3n) is 5.62. The van der Waals surface area contributed by atoms with Crippen LogP contribution in [0.5, 0.6) is 0 Å².